The molecule has 0 radical (unpaired) electrons. The third-order valence-corrected chi connectivity index (χ3v) is 3.35. The molecule has 1 unspecified atom stereocenters. The Morgan fingerprint density at radius 2 is 2.14 bits per heavy atom. The molecule has 0 aliphatic heterocycles. The fourth-order valence-electron chi connectivity index (χ4n) is 2.00. The number of hydrogen-bond acceptors (Lipinski definition) is 4. The van der Waals surface area contributed by atoms with Crippen LogP contribution in [0.15, 0.2) is 36.5 Å². The van der Waals surface area contributed by atoms with Crippen molar-refractivity contribution in [2.75, 3.05) is 13.2 Å². The molecule has 2 N–H and O–H groups in total. The number of benzene rings is 1. The number of ether oxygens (including phenoxy) is 1. The first-order valence-electron chi connectivity index (χ1n) is 7.02. The summed E-state index contributed by atoms with van der Waals surface area (Å²) in [5.74, 6) is -0.331. The molecular formula is C16H20N2O3. The van der Waals surface area contributed by atoms with E-state index in [0.29, 0.717) is 12.3 Å². The molecule has 0 bridgehead atoms. The van der Waals surface area contributed by atoms with Gasteiger partial charge in [-0.1, -0.05) is 25.1 Å². The quantitative estimate of drug-likeness (QED) is 0.819. The second-order valence-corrected chi connectivity index (χ2v) is 5.18. The summed E-state index contributed by atoms with van der Waals surface area (Å²) in [6, 6.07) is 9.42. The molecule has 1 heterocycles. The number of aromatic nitrogens is 1. The Balaban J connectivity index is 2.18. The average molecular weight is 288 g/mol. The average Bonchev–Trinajstić information content (AvgIpc) is 2.50. The molecule has 1 atom stereocenters. The number of fused-ring (bicyclic) bond motifs is 1. The van der Waals surface area contributed by atoms with E-state index < -0.39 is 11.5 Å². The standard InChI is InChI=1S/C16H20N2O3/c1-3-9-18-16(2,15(19)20)11-21-13-8-4-6-12-7-5-10-17-14(12)13/h4-8,10,18H,3,9,11H2,1-2H3,(H,19,20). The van der Waals surface area contributed by atoms with E-state index in [1.165, 1.54) is 0 Å². The van der Waals surface area contributed by atoms with E-state index in [1.807, 2.05) is 31.2 Å². The van der Waals surface area contributed by atoms with E-state index in [2.05, 4.69) is 10.3 Å². The van der Waals surface area contributed by atoms with Crippen molar-refractivity contribution in [3.63, 3.8) is 0 Å². The van der Waals surface area contributed by atoms with E-state index in [-0.39, 0.29) is 6.61 Å². The molecule has 0 fully saturated rings. The lowest BCUT2D eigenvalue weighted by molar-refractivity contribution is -0.145. The highest BCUT2D eigenvalue weighted by molar-refractivity contribution is 5.84. The van der Waals surface area contributed by atoms with Crippen LogP contribution < -0.4 is 10.1 Å². The van der Waals surface area contributed by atoms with Crippen molar-refractivity contribution in [3.05, 3.63) is 36.5 Å². The molecule has 0 saturated heterocycles. The first-order chi connectivity index (χ1) is 10.1. The molecule has 5 heteroatoms. The van der Waals surface area contributed by atoms with Gasteiger partial charge in [0.15, 0.2) is 0 Å². The highest BCUT2D eigenvalue weighted by Gasteiger charge is 2.33. The summed E-state index contributed by atoms with van der Waals surface area (Å²) in [7, 11) is 0. The van der Waals surface area contributed by atoms with Crippen LogP contribution in [0.3, 0.4) is 0 Å². The lowest BCUT2D eigenvalue weighted by Crippen LogP contribution is -2.54. The van der Waals surface area contributed by atoms with E-state index >= 15 is 0 Å². The normalized spacial score (nSPS) is 13.8. The molecule has 5 nitrogen and oxygen atoms in total. The summed E-state index contributed by atoms with van der Waals surface area (Å²) in [4.78, 5) is 15.7. The molecule has 112 valence electrons. The van der Waals surface area contributed by atoms with E-state index in [0.717, 1.165) is 17.3 Å². The number of carbonyl (C=O) groups is 1. The van der Waals surface area contributed by atoms with E-state index in [9.17, 15) is 9.90 Å². The van der Waals surface area contributed by atoms with Gasteiger partial charge >= 0.3 is 5.97 Å². The van der Waals surface area contributed by atoms with Crippen LogP contribution in [0.2, 0.25) is 0 Å². The van der Waals surface area contributed by atoms with E-state index in [1.54, 1.807) is 19.2 Å². The van der Waals surface area contributed by atoms with Crippen LogP contribution in [0.4, 0.5) is 0 Å². The third-order valence-electron chi connectivity index (χ3n) is 3.35. The number of hydrogen-bond donors (Lipinski definition) is 2. The largest absolute Gasteiger partial charge is 0.489 e. The maximum atomic E-state index is 11.5. The van der Waals surface area contributed by atoms with Gasteiger partial charge in [-0.15, -0.1) is 0 Å². The van der Waals surface area contributed by atoms with Crippen LogP contribution in [0.5, 0.6) is 5.75 Å². The molecule has 21 heavy (non-hydrogen) atoms. The summed E-state index contributed by atoms with van der Waals surface area (Å²) in [5.41, 5.74) is -0.379. The number of para-hydroxylation sites is 1. The Labute approximate surface area is 124 Å². The molecule has 2 aromatic rings. The zero-order valence-corrected chi connectivity index (χ0v) is 12.3. The second-order valence-electron chi connectivity index (χ2n) is 5.18. The minimum Gasteiger partial charge on any atom is -0.489 e. The van der Waals surface area contributed by atoms with Gasteiger partial charge in [0.1, 0.15) is 23.4 Å². The maximum Gasteiger partial charge on any atom is 0.327 e. The Morgan fingerprint density at radius 3 is 2.86 bits per heavy atom. The molecule has 1 aromatic carbocycles. The van der Waals surface area contributed by atoms with Gasteiger partial charge in [0.05, 0.1) is 0 Å². The van der Waals surface area contributed by atoms with Crippen molar-refractivity contribution in [2.45, 2.75) is 25.8 Å². The van der Waals surface area contributed by atoms with Gasteiger partial charge in [-0.25, -0.2) is 0 Å². The summed E-state index contributed by atoms with van der Waals surface area (Å²) in [6.07, 6.45) is 2.56. The minimum atomic E-state index is -1.12. The monoisotopic (exact) mass is 288 g/mol. The van der Waals surface area contributed by atoms with Crippen LogP contribution in [-0.4, -0.2) is 34.8 Å². The fourth-order valence-corrected chi connectivity index (χ4v) is 2.00. The van der Waals surface area contributed by atoms with Gasteiger partial charge in [-0.3, -0.25) is 15.1 Å². The summed E-state index contributed by atoms with van der Waals surface area (Å²) >= 11 is 0. The van der Waals surface area contributed by atoms with Crippen molar-refractivity contribution >= 4 is 16.9 Å². The molecular weight excluding hydrogens is 268 g/mol. The Kier molecular flexibility index (Phi) is 4.75. The summed E-state index contributed by atoms with van der Waals surface area (Å²) in [5, 5.41) is 13.4. The van der Waals surface area contributed by atoms with Gasteiger partial charge in [-0.2, -0.15) is 0 Å². The van der Waals surface area contributed by atoms with Gasteiger partial charge in [-0.05, 0) is 32.0 Å². The van der Waals surface area contributed by atoms with Crippen molar-refractivity contribution in [1.29, 1.82) is 0 Å². The zero-order chi connectivity index (χ0) is 15.3. The molecule has 0 spiro atoms. The number of pyridine rings is 1. The second kappa shape index (κ2) is 6.54. The van der Waals surface area contributed by atoms with Crippen molar-refractivity contribution in [1.82, 2.24) is 10.3 Å². The molecule has 0 aliphatic rings. The van der Waals surface area contributed by atoms with Crippen LogP contribution in [0.1, 0.15) is 20.3 Å². The molecule has 0 amide bonds. The first-order valence-corrected chi connectivity index (χ1v) is 7.02. The number of aliphatic carboxylic acids is 1. The molecule has 0 saturated carbocycles. The topological polar surface area (TPSA) is 71.5 Å². The number of carboxylic acids is 1. The highest BCUT2D eigenvalue weighted by Crippen LogP contribution is 2.23. The van der Waals surface area contributed by atoms with Gasteiger partial charge in [0.2, 0.25) is 0 Å². The zero-order valence-electron chi connectivity index (χ0n) is 12.3. The third kappa shape index (κ3) is 3.49. The predicted molar refractivity (Wildman–Crippen MR) is 81.6 cm³/mol. The van der Waals surface area contributed by atoms with Crippen molar-refractivity contribution < 1.29 is 14.6 Å². The maximum absolute atomic E-state index is 11.5. The van der Waals surface area contributed by atoms with Crippen LogP contribution >= 0.6 is 0 Å². The van der Waals surface area contributed by atoms with Crippen LogP contribution in [0, 0.1) is 0 Å². The van der Waals surface area contributed by atoms with Gasteiger partial charge < -0.3 is 9.84 Å². The highest BCUT2D eigenvalue weighted by atomic mass is 16.5. The summed E-state index contributed by atoms with van der Waals surface area (Å²) in [6.45, 7) is 4.28. The minimum absolute atomic E-state index is 0.0397. The summed E-state index contributed by atoms with van der Waals surface area (Å²) < 4.78 is 5.74. The molecule has 2 rings (SSSR count). The Bertz CT molecular complexity index is 624. The van der Waals surface area contributed by atoms with Crippen LogP contribution in [-0.2, 0) is 4.79 Å². The number of nitrogens with zero attached hydrogens (tertiary/aromatic N) is 1. The SMILES string of the molecule is CCCNC(C)(COc1cccc2cccnc12)C(=O)O. The van der Waals surface area contributed by atoms with Crippen molar-refractivity contribution in [2.24, 2.45) is 0 Å². The van der Waals surface area contributed by atoms with Gasteiger partial charge in [0, 0.05) is 11.6 Å². The number of nitrogens with one attached hydrogen (secondary N) is 1. The van der Waals surface area contributed by atoms with Gasteiger partial charge in [0.25, 0.3) is 0 Å². The molecule has 1 aromatic heterocycles. The van der Waals surface area contributed by atoms with Crippen LogP contribution in [0.25, 0.3) is 10.9 Å². The van der Waals surface area contributed by atoms with Crippen molar-refractivity contribution in [3.8, 4) is 5.75 Å². The Morgan fingerprint density at radius 1 is 1.38 bits per heavy atom. The number of rotatable bonds is 7. The molecule has 0 aliphatic carbocycles. The lowest BCUT2D eigenvalue weighted by atomic mass is 10.0. The lowest BCUT2D eigenvalue weighted by Gasteiger charge is -2.26. The smallest absolute Gasteiger partial charge is 0.327 e. The predicted octanol–water partition coefficient (Wildman–Crippen LogP) is 2.46. The number of carboxylic acid groups (broad SMARTS) is 1. The fraction of sp³-hybridized carbons (Fsp3) is 0.375. The first kappa shape index (κ1) is 15.3. The Hall–Kier alpha value is -2.14. The van der Waals surface area contributed by atoms with E-state index in [4.69, 9.17) is 4.74 Å².